The number of rotatable bonds is 7. The summed E-state index contributed by atoms with van der Waals surface area (Å²) < 4.78 is 5.82. The fraction of sp³-hybridized carbons (Fsp3) is 0.368. The SMILES string of the molecule is CCc1ccc(OCc2ccc(CNC3CC3)cc2)cc1. The standard InChI is InChI=1S/C19H23NO/c1-2-15-7-11-19(12-8-15)21-14-17-5-3-16(4-6-17)13-20-18-9-10-18/h3-8,11-12,18,20H,2,9-10,13-14H2,1H3. The van der Waals surface area contributed by atoms with Gasteiger partial charge >= 0.3 is 0 Å². The van der Waals surface area contributed by atoms with Crippen LogP contribution in [0.1, 0.15) is 36.5 Å². The van der Waals surface area contributed by atoms with E-state index < -0.39 is 0 Å². The fourth-order valence-corrected chi connectivity index (χ4v) is 2.29. The van der Waals surface area contributed by atoms with Gasteiger partial charge in [-0.1, -0.05) is 43.3 Å². The van der Waals surface area contributed by atoms with E-state index in [1.165, 1.54) is 29.5 Å². The second-order valence-corrected chi connectivity index (χ2v) is 5.76. The number of hydrogen-bond acceptors (Lipinski definition) is 2. The molecule has 2 aromatic carbocycles. The first kappa shape index (κ1) is 14.2. The van der Waals surface area contributed by atoms with Crippen molar-refractivity contribution >= 4 is 0 Å². The lowest BCUT2D eigenvalue weighted by molar-refractivity contribution is 0.306. The molecular formula is C19H23NO. The van der Waals surface area contributed by atoms with E-state index in [1.807, 2.05) is 12.1 Å². The summed E-state index contributed by atoms with van der Waals surface area (Å²) in [6.07, 6.45) is 3.74. The second kappa shape index (κ2) is 6.77. The Balaban J connectivity index is 1.49. The molecule has 0 amide bonds. The minimum absolute atomic E-state index is 0.627. The van der Waals surface area contributed by atoms with Gasteiger partial charge in [0.2, 0.25) is 0 Å². The molecule has 1 aliphatic rings. The average molecular weight is 281 g/mol. The largest absolute Gasteiger partial charge is 0.489 e. The molecule has 0 unspecified atom stereocenters. The van der Waals surface area contributed by atoms with E-state index in [9.17, 15) is 0 Å². The fourth-order valence-electron chi connectivity index (χ4n) is 2.29. The molecule has 0 radical (unpaired) electrons. The Bertz CT molecular complexity index is 555. The molecule has 0 spiro atoms. The third-order valence-corrected chi connectivity index (χ3v) is 3.93. The third-order valence-electron chi connectivity index (χ3n) is 3.93. The lowest BCUT2D eigenvalue weighted by Crippen LogP contribution is -2.15. The summed E-state index contributed by atoms with van der Waals surface area (Å²) in [7, 11) is 0. The van der Waals surface area contributed by atoms with Crippen molar-refractivity contribution in [2.45, 2.75) is 45.4 Å². The van der Waals surface area contributed by atoms with Crippen molar-refractivity contribution in [2.24, 2.45) is 0 Å². The second-order valence-electron chi connectivity index (χ2n) is 5.76. The van der Waals surface area contributed by atoms with Gasteiger partial charge in [0.25, 0.3) is 0 Å². The van der Waals surface area contributed by atoms with Crippen LogP contribution in [0.15, 0.2) is 48.5 Å². The monoisotopic (exact) mass is 281 g/mol. The first-order valence-electron chi connectivity index (χ1n) is 7.86. The van der Waals surface area contributed by atoms with Gasteiger partial charge in [-0.2, -0.15) is 0 Å². The molecule has 0 atom stereocenters. The highest BCUT2D eigenvalue weighted by Crippen LogP contribution is 2.19. The Morgan fingerprint density at radius 1 is 0.905 bits per heavy atom. The van der Waals surface area contributed by atoms with Crippen LogP contribution < -0.4 is 10.1 Å². The van der Waals surface area contributed by atoms with Gasteiger partial charge in [-0.25, -0.2) is 0 Å². The van der Waals surface area contributed by atoms with Crippen molar-refractivity contribution in [3.05, 3.63) is 65.2 Å². The van der Waals surface area contributed by atoms with Crippen molar-refractivity contribution in [1.29, 1.82) is 0 Å². The molecule has 0 bridgehead atoms. The van der Waals surface area contributed by atoms with Crippen molar-refractivity contribution in [3.63, 3.8) is 0 Å². The number of benzene rings is 2. The van der Waals surface area contributed by atoms with Crippen LogP contribution in [0.5, 0.6) is 5.75 Å². The van der Waals surface area contributed by atoms with Gasteiger partial charge in [0.15, 0.2) is 0 Å². The predicted molar refractivity (Wildman–Crippen MR) is 86.5 cm³/mol. The number of hydrogen-bond donors (Lipinski definition) is 1. The highest BCUT2D eigenvalue weighted by molar-refractivity contribution is 5.28. The first-order chi connectivity index (χ1) is 10.3. The van der Waals surface area contributed by atoms with Crippen LogP contribution in [0.2, 0.25) is 0 Å². The summed E-state index contributed by atoms with van der Waals surface area (Å²) in [5.74, 6) is 0.937. The molecule has 21 heavy (non-hydrogen) atoms. The molecular weight excluding hydrogens is 258 g/mol. The molecule has 0 aromatic heterocycles. The maximum Gasteiger partial charge on any atom is 0.119 e. The zero-order valence-corrected chi connectivity index (χ0v) is 12.6. The third kappa shape index (κ3) is 4.33. The molecule has 0 aliphatic heterocycles. The quantitative estimate of drug-likeness (QED) is 0.825. The van der Waals surface area contributed by atoms with Crippen LogP contribution >= 0.6 is 0 Å². The minimum atomic E-state index is 0.627. The first-order valence-corrected chi connectivity index (χ1v) is 7.86. The molecule has 1 fully saturated rings. The smallest absolute Gasteiger partial charge is 0.119 e. The lowest BCUT2D eigenvalue weighted by Gasteiger charge is -2.08. The van der Waals surface area contributed by atoms with E-state index in [-0.39, 0.29) is 0 Å². The van der Waals surface area contributed by atoms with Crippen LogP contribution in [0.25, 0.3) is 0 Å². The van der Waals surface area contributed by atoms with Crippen LogP contribution in [0, 0.1) is 0 Å². The molecule has 2 nitrogen and oxygen atoms in total. The summed E-state index contributed by atoms with van der Waals surface area (Å²) in [5, 5.41) is 3.53. The summed E-state index contributed by atoms with van der Waals surface area (Å²) in [6.45, 7) is 3.77. The van der Waals surface area contributed by atoms with E-state index >= 15 is 0 Å². The van der Waals surface area contributed by atoms with Crippen molar-refractivity contribution in [2.75, 3.05) is 0 Å². The molecule has 3 rings (SSSR count). The number of aryl methyl sites for hydroxylation is 1. The molecule has 110 valence electrons. The number of nitrogens with one attached hydrogen (secondary N) is 1. The Labute approximate surface area is 127 Å². The van der Waals surface area contributed by atoms with Crippen LogP contribution in [0.4, 0.5) is 0 Å². The van der Waals surface area contributed by atoms with Crippen molar-refractivity contribution < 1.29 is 4.74 Å². The molecule has 1 N–H and O–H groups in total. The Kier molecular flexibility index (Phi) is 4.56. The lowest BCUT2D eigenvalue weighted by atomic mass is 10.1. The van der Waals surface area contributed by atoms with Gasteiger partial charge in [0.05, 0.1) is 0 Å². The van der Waals surface area contributed by atoms with Crippen LogP contribution in [0.3, 0.4) is 0 Å². The highest BCUT2D eigenvalue weighted by Gasteiger charge is 2.19. The topological polar surface area (TPSA) is 21.3 Å². The summed E-state index contributed by atoms with van der Waals surface area (Å²) in [4.78, 5) is 0. The van der Waals surface area contributed by atoms with Crippen LogP contribution in [-0.2, 0) is 19.6 Å². The minimum Gasteiger partial charge on any atom is -0.489 e. The van der Waals surface area contributed by atoms with E-state index in [0.717, 1.165) is 24.8 Å². The van der Waals surface area contributed by atoms with Gasteiger partial charge < -0.3 is 10.1 Å². The van der Waals surface area contributed by atoms with E-state index in [0.29, 0.717) is 6.61 Å². The summed E-state index contributed by atoms with van der Waals surface area (Å²) in [6, 6.07) is 17.8. The molecule has 1 saturated carbocycles. The average Bonchev–Trinajstić information content (AvgIpc) is 3.37. The van der Waals surface area contributed by atoms with Crippen molar-refractivity contribution in [1.82, 2.24) is 5.32 Å². The molecule has 2 heteroatoms. The van der Waals surface area contributed by atoms with Gasteiger partial charge in [0.1, 0.15) is 12.4 Å². The Morgan fingerprint density at radius 2 is 1.52 bits per heavy atom. The molecule has 1 aliphatic carbocycles. The predicted octanol–water partition coefficient (Wildman–Crippen LogP) is 4.08. The maximum atomic E-state index is 5.82. The zero-order chi connectivity index (χ0) is 14.5. The molecule has 2 aromatic rings. The summed E-state index contributed by atoms with van der Waals surface area (Å²) in [5.41, 5.74) is 3.90. The maximum absolute atomic E-state index is 5.82. The Hall–Kier alpha value is -1.80. The van der Waals surface area contributed by atoms with Gasteiger partial charge in [-0.3, -0.25) is 0 Å². The Morgan fingerprint density at radius 3 is 2.14 bits per heavy atom. The van der Waals surface area contributed by atoms with Crippen molar-refractivity contribution in [3.8, 4) is 5.75 Å². The van der Waals surface area contributed by atoms with Gasteiger partial charge in [-0.05, 0) is 48.1 Å². The number of ether oxygens (including phenoxy) is 1. The normalized spacial score (nSPS) is 14.1. The van der Waals surface area contributed by atoms with E-state index in [1.54, 1.807) is 0 Å². The van der Waals surface area contributed by atoms with Gasteiger partial charge in [-0.15, -0.1) is 0 Å². The van der Waals surface area contributed by atoms with E-state index in [4.69, 9.17) is 4.74 Å². The summed E-state index contributed by atoms with van der Waals surface area (Å²) >= 11 is 0. The molecule has 0 heterocycles. The zero-order valence-electron chi connectivity index (χ0n) is 12.6. The highest BCUT2D eigenvalue weighted by atomic mass is 16.5. The van der Waals surface area contributed by atoms with E-state index in [2.05, 4.69) is 48.6 Å². The van der Waals surface area contributed by atoms with Crippen LogP contribution in [-0.4, -0.2) is 6.04 Å². The van der Waals surface area contributed by atoms with Gasteiger partial charge in [0, 0.05) is 12.6 Å². The molecule has 0 saturated heterocycles.